The van der Waals surface area contributed by atoms with Gasteiger partial charge in [-0.2, -0.15) is 11.8 Å². The molecule has 1 aliphatic rings. The van der Waals surface area contributed by atoms with Crippen LogP contribution in [0, 0.1) is 0 Å². The quantitative estimate of drug-likeness (QED) is 0.744. The van der Waals surface area contributed by atoms with Gasteiger partial charge in [-0.05, 0) is 25.6 Å². The molecule has 1 heterocycles. The van der Waals surface area contributed by atoms with Crippen molar-refractivity contribution in [1.82, 2.24) is 10.0 Å². The van der Waals surface area contributed by atoms with Gasteiger partial charge in [-0.25, -0.2) is 13.1 Å². The molecule has 0 aliphatic carbocycles. The first-order valence-corrected chi connectivity index (χ1v) is 8.11. The highest BCUT2D eigenvalue weighted by Crippen LogP contribution is 2.11. The van der Waals surface area contributed by atoms with Gasteiger partial charge in [0.25, 0.3) is 0 Å². The Balaban J connectivity index is 2.43. The molecule has 0 saturated carbocycles. The van der Waals surface area contributed by atoms with Crippen LogP contribution in [0.5, 0.6) is 0 Å². The van der Waals surface area contributed by atoms with Crippen LogP contribution in [0.3, 0.4) is 0 Å². The zero-order valence-corrected chi connectivity index (χ0v) is 11.0. The Morgan fingerprint density at radius 2 is 2.33 bits per heavy atom. The first kappa shape index (κ1) is 13.3. The SMILES string of the molecule is CSC(C)CNS(=O)(=O)C1CCCNC1. The van der Waals surface area contributed by atoms with Crippen LogP contribution in [0.1, 0.15) is 19.8 Å². The molecule has 4 nitrogen and oxygen atoms in total. The summed E-state index contributed by atoms with van der Waals surface area (Å²) in [4.78, 5) is 0. The zero-order valence-electron chi connectivity index (χ0n) is 9.32. The van der Waals surface area contributed by atoms with Gasteiger partial charge < -0.3 is 5.32 Å². The maximum Gasteiger partial charge on any atom is 0.215 e. The number of thioether (sulfide) groups is 1. The molecule has 0 spiro atoms. The topological polar surface area (TPSA) is 58.2 Å². The Morgan fingerprint density at radius 3 is 2.87 bits per heavy atom. The van der Waals surface area contributed by atoms with Crippen molar-refractivity contribution in [1.29, 1.82) is 0 Å². The lowest BCUT2D eigenvalue weighted by molar-refractivity contribution is 0.490. The van der Waals surface area contributed by atoms with Gasteiger partial charge in [0.2, 0.25) is 10.0 Å². The summed E-state index contributed by atoms with van der Waals surface area (Å²) in [6.45, 7) is 4.07. The fraction of sp³-hybridized carbons (Fsp3) is 1.00. The van der Waals surface area contributed by atoms with Gasteiger partial charge in [-0.1, -0.05) is 6.92 Å². The molecule has 1 fully saturated rings. The smallest absolute Gasteiger partial charge is 0.215 e. The predicted octanol–water partition coefficient (Wildman–Crippen LogP) is 0.409. The normalized spacial score (nSPS) is 25.1. The number of rotatable bonds is 5. The van der Waals surface area contributed by atoms with E-state index in [1.807, 2.05) is 13.2 Å². The molecular weight excluding hydrogens is 232 g/mol. The second-order valence-electron chi connectivity index (χ2n) is 3.91. The van der Waals surface area contributed by atoms with Crippen LogP contribution in [-0.4, -0.2) is 44.8 Å². The van der Waals surface area contributed by atoms with E-state index in [0.29, 0.717) is 18.3 Å². The number of hydrogen-bond donors (Lipinski definition) is 2. The summed E-state index contributed by atoms with van der Waals surface area (Å²) in [6, 6.07) is 0. The molecule has 1 aliphatic heterocycles. The highest BCUT2D eigenvalue weighted by Gasteiger charge is 2.26. The van der Waals surface area contributed by atoms with E-state index < -0.39 is 10.0 Å². The molecule has 2 atom stereocenters. The third kappa shape index (κ3) is 4.30. The summed E-state index contributed by atoms with van der Waals surface area (Å²) in [7, 11) is -3.11. The molecule has 0 amide bonds. The molecule has 0 aromatic heterocycles. The minimum absolute atomic E-state index is 0.250. The Labute approximate surface area is 96.6 Å². The molecule has 2 unspecified atom stereocenters. The van der Waals surface area contributed by atoms with Crippen molar-refractivity contribution in [2.45, 2.75) is 30.3 Å². The summed E-state index contributed by atoms with van der Waals surface area (Å²) >= 11 is 1.67. The highest BCUT2D eigenvalue weighted by atomic mass is 32.2. The molecule has 90 valence electrons. The van der Waals surface area contributed by atoms with Gasteiger partial charge in [0, 0.05) is 18.3 Å². The van der Waals surface area contributed by atoms with Crippen LogP contribution in [0.2, 0.25) is 0 Å². The standard InChI is InChI=1S/C9H20N2O2S2/c1-8(14-2)6-11-15(12,13)9-4-3-5-10-7-9/h8-11H,3-7H2,1-2H3. The van der Waals surface area contributed by atoms with Crippen molar-refractivity contribution < 1.29 is 8.42 Å². The second-order valence-corrected chi connectivity index (χ2v) is 7.23. The molecule has 0 bridgehead atoms. The average Bonchev–Trinajstić information content (AvgIpc) is 2.27. The van der Waals surface area contributed by atoms with Gasteiger partial charge >= 0.3 is 0 Å². The average molecular weight is 252 g/mol. The van der Waals surface area contributed by atoms with Gasteiger partial charge in [-0.15, -0.1) is 0 Å². The lowest BCUT2D eigenvalue weighted by atomic mass is 10.2. The third-order valence-electron chi connectivity index (χ3n) is 2.66. The molecule has 0 aromatic carbocycles. The van der Waals surface area contributed by atoms with Gasteiger partial charge in [0.05, 0.1) is 5.25 Å². The molecule has 6 heteroatoms. The van der Waals surface area contributed by atoms with E-state index in [0.717, 1.165) is 19.4 Å². The van der Waals surface area contributed by atoms with Crippen molar-refractivity contribution >= 4 is 21.8 Å². The largest absolute Gasteiger partial charge is 0.315 e. The van der Waals surface area contributed by atoms with Crippen LogP contribution < -0.4 is 10.0 Å². The summed E-state index contributed by atoms with van der Waals surface area (Å²) in [6.07, 6.45) is 3.71. The Kier molecular flexibility index (Phi) is 5.38. The van der Waals surface area contributed by atoms with Crippen LogP contribution in [0.15, 0.2) is 0 Å². The molecular formula is C9H20N2O2S2. The molecule has 2 N–H and O–H groups in total. The van der Waals surface area contributed by atoms with E-state index in [1.165, 1.54) is 0 Å². The minimum atomic E-state index is -3.11. The summed E-state index contributed by atoms with van der Waals surface area (Å²) in [5, 5.41) is 3.20. The van der Waals surface area contributed by atoms with E-state index in [-0.39, 0.29) is 5.25 Å². The predicted molar refractivity (Wildman–Crippen MR) is 65.8 cm³/mol. The maximum absolute atomic E-state index is 11.8. The number of sulfonamides is 1. The summed E-state index contributed by atoms with van der Waals surface area (Å²) < 4.78 is 26.4. The minimum Gasteiger partial charge on any atom is -0.315 e. The zero-order chi connectivity index (χ0) is 11.3. The lowest BCUT2D eigenvalue weighted by Gasteiger charge is -2.23. The van der Waals surface area contributed by atoms with Crippen LogP contribution in [0.4, 0.5) is 0 Å². The van der Waals surface area contributed by atoms with E-state index >= 15 is 0 Å². The Hall–Kier alpha value is 0.220. The van der Waals surface area contributed by atoms with Gasteiger partial charge in [0.1, 0.15) is 0 Å². The lowest BCUT2D eigenvalue weighted by Crippen LogP contribution is -2.45. The molecule has 15 heavy (non-hydrogen) atoms. The maximum atomic E-state index is 11.8. The molecule has 1 rings (SSSR count). The molecule has 0 radical (unpaired) electrons. The van der Waals surface area contributed by atoms with Gasteiger partial charge in [-0.3, -0.25) is 0 Å². The van der Waals surface area contributed by atoms with E-state index in [1.54, 1.807) is 11.8 Å². The van der Waals surface area contributed by atoms with E-state index in [4.69, 9.17) is 0 Å². The Bertz CT molecular complexity index is 274. The van der Waals surface area contributed by atoms with Crippen LogP contribution in [0.25, 0.3) is 0 Å². The van der Waals surface area contributed by atoms with E-state index in [2.05, 4.69) is 10.0 Å². The highest BCUT2D eigenvalue weighted by molar-refractivity contribution is 7.99. The monoisotopic (exact) mass is 252 g/mol. The van der Waals surface area contributed by atoms with Crippen LogP contribution in [-0.2, 0) is 10.0 Å². The summed E-state index contributed by atoms with van der Waals surface area (Å²) in [5.41, 5.74) is 0. The first-order valence-electron chi connectivity index (χ1n) is 5.28. The summed E-state index contributed by atoms with van der Waals surface area (Å²) in [5.74, 6) is 0. The van der Waals surface area contributed by atoms with Crippen molar-refractivity contribution in [3.05, 3.63) is 0 Å². The second kappa shape index (κ2) is 6.08. The molecule has 1 saturated heterocycles. The number of nitrogens with one attached hydrogen (secondary N) is 2. The fourth-order valence-electron chi connectivity index (χ4n) is 1.52. The van der Waals surface area contributed by atoms with Crippen molar-refractivity contribution in [3.63, 3.8) is 0 Å². The fourth-order valence-corrected chi connectivity index (χ4v) is 3.41. The number of piperidine rings is 1. The van der Waals surface area contributed by atoms with Crippen molar-refractivity contribution in [2.75, 3.05) is 25.9 Å². The first-order chi connectivity index (χ1) is 7.06. The third-order valence-corrected chi connectivity index (χ3v) is 5.49. The Morgan fingerprint density at radius 1 is 1.60 bits per heavy atom. The van der Waals surface area contributed by atoms with Crippen molar-refractivity contribution in [3.8, 4) is 0 Å². The molecule has 0 aromatic rings. The van der Waals surface area contributed by atoms with Crippen LogP contribution >= 0.6 is 11.8 Å². The van der Waals surface area contributed by atoms with Crippen molar-refractivity contribution in [2.24, 2.45) is 0 Å². The van der Waals surface area contributed by atoms with E-state index in [9.17, 15) is 8.42 Å². The van der Waals surface area contributed by atoms with Gasteiger partial charge in [0.15, 0.2) is 0 Å². The number of hydrogen-bond acceptors (Lipinski definition) is 4.